The summed E-state index contributed by atoms with van der Waals surface area (Å²) in [6.45, 7) is -0.144. The lowest BCUT2D eigenvalue weighted by Crippen LogP contribution is -2.28. The quantitative estimate of drug-likeness (QED) is 0.511. The van der Waals surface area contributed by atoms with Gasteiger partial charge in [-0.05, 0) is 36.4 Å². The number of carbonyl (C=O) groups excluding carboxylic acids is 1. The molecular formula is C19H19BrN4O5S. The van der Waals surface area contributed by atoms with Gasteiger partial charge in [-0.15, -0.1) is 0 Å². The molecule has 0 bridgehead atoms. The van der Waals surface area contributed by atoms with Crippen LogP contribution in [-0.4, -0.2) is 44.4 Å². The number of hydrogen-bond acceptors (Lipinski definition) is 7. The first kappa shape index (κ1) is 21.8. The number of carbonyl (C=O) groups is 1. The Labute approximate surface area is 182 Å². The van der Waals surface area contributed by atoms with Crippen LogP contribution < -0.4 is 14.4 Å². The largest absolute Gasteiger partial charge is 0.484 e. The van der Waals surface area contributed by atoms with Crippen LogP contribution in [0.5, 0.6) is 5.75 Å². The minimum atomic E-state index is -3.34. The molecule has 1 aromatic heterocycles. The van der Waals surface area contributed by atoms with Crippen molar-refractivity contribution in [1.82, 2.24) is 15.5 Å². The summed E-state index contributed by atoms with van der Waals surface area (Å²) in [5.41, 5.74) is 1.28. The van der Waals surface area contributed by atoms with E-state index in [1.165, 1.54) is 7.05 Å². The van der Waals surface area contributed by atoms with Crippen molar-refractivity contribution >= 4 is 37.5 Å². The van der Waals surface area contributed by atoms with Gasteiger partial charge in [0.25, 0.3) is 5.91 Å². The second-order valence-electron chi connectivity index (χ2n) is 6.31. The van der Waals surface area contributed by atoms with Crippen LogP contribution in [0.1, 0.15) is 5.89 Å². The highest BCUT2D eigenvalue weighted by molar-refractivity contribution is 9.10. The molecule has 0 fully saturated rings. The van der Waals surface area contributed by atoms with Gasteiger partial charge in [-0.1, -0.05) is 33.2 Å². The second kappa shape index (κ2) is 9.26. The van der Waals surface area contributed by atoms with E-state index in [-0.39, 0.29) is 24.9 Å². The van der Waals surface area contributed by atoms with Gasteiger partial charge in [-0.25, -0.2) is 8.42 Å². The molecule has 0 unspecified atom stereocenters. The summed E-state index contributed by atoms with van der Waals surface area (Å²) >= 11 is 3.39. The van der Waals surface area contributed by atoms with E-state index in [4.69, 9.17) is 9.26 Å². The van der Waals surface area contributed by atoms with Crippen LogP contribution in [0, 0.1) is 0 Å². The van der Waals surface area contributed by atoms with Gasteiger partial charge in [0, 0.05) is 17.1 Å². The number of ether oxygens (including phenoxy) is 1. The number of hydrogen-bond donors (Lipinski definition) is 1. The smallest absolute Gasteiger partial charge is 0.258 e. The molecule has 2 aromatic carbocycles. The van der Waals surface area contributed by atoms with Crippen molar-refractivity contribution < 1.29 is 22.5 Å². The highest BCUT2D eigenvalue weighted by atomic mass is 79.9. The summed E-state index contributed by atoms with van der Waals surface area (Å²) in [4.78, 5) is 16.2. The van der Waals surface area contributed by atoms with Crippen molar-refractivity contribution in [2.24, 2.45) is 0 Å². The van der Waals surface area contributed by atoms with E-state index in [0.717, 1.165) is 20.6 Å². The van der Waals surface area contributed by atoms with Crippen LogP contribution in [0.25, 0.3) is 11.4 Å². The van der Waals surface area contributed by atoms with Crippen LogP contribution in [0.4, 0.5) is 5.69 Å². The Morgan fingerprint density at radius 2 is 1.97 bits per heavy atom. The molecule has 0 atom stereocenters. The number of nitrogens with zero attached hydrogens (tertiary/aromatic N) is 3. The fourth-order valence-electron chi connectivity index (χ4n) is 2.39. The van der Waals surface area contributed by atoms with E-state index in [1.807, 2.05) is 24.3 Å². The van der Waals surface area contributed by atoms with Gasteiger partial charge >= 0.3 is 0 Å². The summed E-state index contributed by atoms with van der Waals surface area (Å²) in [7, 11) is -1.88. The number of halogens is 1. The molecule has 11 heteroatoms. The maximum Gasteiger partial charge on any atom is 0.258 e. The molecule has 1 heterocycles. The molecular weight excluding hydrogens is 476 g/mol. The third-order valence-electron chi connectivity index (χ3n) is 4.06. The summed E-state index contributed by atoms with van der Waals surface area (Å²) in [6.07, 6.45) is 1.12. The Kier molecular flexibility index (Phi) is 6.73. The van der Waals surface area contributed by atoms with Crippen LogP contribution in [0.2, 0.25) is 0 Å². The second-order valence-corrected chi connectivity index (χ2v) is 9.24. The van der Waals surface area contributed by atoms with Crippen molar-refractivity contribution in [2.75, 3.05) is 24.2 Å². The molecule has 0 aliphatic heterocycles. The predicted molar refractivity (Wildman–Crippen MR) is 114 cm³/mol. The summed E-state index contributed by atoms with van der Waals surface area (Å²) < 4.78 is 35.7. The molecule has 9 nitrogen and oxygen atoms in total. The zero-order valence-corrected chi connectivity index (χ0v) is 18.6. The maximum absolute atomic E-state index is 12.0. The van der Waals surface area contributed by atoms with Gasteiger partial charge < -0.3 is 14.6 Å². The Balaban J connectivity index is 1.49. The lowest BCUT2D eigenvalue weighted by molar-refractivity contribution is -0.123. The average molecular weight is 495 g/mol. The monoisotopic (exact) mass is 494 g/mol. The molecule has 1 amide bonds. The number of anilines is 1. The molecule has 158 valence electrons. The van der Waals surface area contributed by atoms with E-state index in [0.29, 0.717) is 17.3 Å². The van der Waals surface area contributed by atoms with Crippen molar-refractivity contribution in [3.05, 3.63) is 58.9 Å². The normalized spacial score (nSPS) is 11.2. The minimum Gasteiger partial charge on any atom is -0.484 e. The van der Waals surface area contributed by atoms with E-state index < -0.39 is 10.0 Å². The molecule has 0 radical (unpaired) electrons. The Bertz CT molecular complexity index is 1130. The third kappa shape index (κ3) is 5.80. The lowest BCUT2D eigenvalue weighted by atomic mass is 10.2. The Hall–Kier alpha value is -2.92. The van der Waals surface area contributed by atoms with E-state index in [2.05, 4.69) is 31.4 Å². The SMILES string of the molecule is CN(c1ccc(OCC(=O)NCc2nc(-c3cccc(Br)c3)no2)cc1)S(C)(=O)=O. The van der Waals surface area contributed by atoms with Gasteiger partial charge in [-0.3, -0.25) is 9.10 Å². The summed E-state index contributed by atoms with van der Waals surface area (Å²) in [5.74, 6) is 0.766. The van der Waals surface area contributed by atoms with Crippen LogP contribution in [-0.2, 0) is 21.4 Å². The van der Waals surface area contributed by atoms with Crippen molar-refractivity contribution in [3.63, 3.8) is 0 Å². The number of sulfonamides is 1. The van der Waals surface area contributed by atoms with Crippen molar-refractivity contribution in [1.29, 1.82) is 0 Å². The Morgan fingerprint density at radius 1 is 1.23 bits per heavy atom. The lowest BCUT2D eigenvalue weighted by Gasteiger charge is -2.16. The topological polar surface area (TPSA) is 115 Å². The number of aromatic nitrogens is 2. The zero-order valence-electron chi connectivity index (χ0n) is 16.2. The van der Waals surface area contributed by atoms with Gasteiger partial charge in [0.15, 0.2) is 6.61 Å². The molecule has 3 aromatic rings. The molecule has 3 rings (SSSR count). The van der Waals surface area contributed by atoms with Gasteiger partial charge in [0.2, 0.25) is 21.7 Å². The zero-order chi connectivity index (χ0) is 21.7. The summed E-state index contributed by atoms with van der Waals surface area (Å²) in [6, 6.07) is 13.8. The molecule has 1 N–H and O–H groups in total. The fourth-order valence-corrected chi connectivity index (χ4v) is 3.29. The summed E-state index contributed by atoms with van der Waals surface area (Å²) in [5, 5.41) is 6.54. The number of rotatable bonds is 8. The highest BCUT2D eigenvalue weighted by Crippen LogP contribution is 2.21. The van der Waals surface area contributed by atoms with E-state index >= 15 is 0 Å². The predicted octanol–water partition coefficient (Wildman–Crippen LogP) is 2.59. The Morgan fingerprint density at radius 3 is 2.63 bits per heavy atom. The fraction of sp³-hybridized carbons (Fsp3) is 0.211. The number of nitrogens with one attached hydrogen (secondary N) is 1. The maximum atomic E-state index is 12.0. The number of benzene rings is 2. The first-order valence-electron chi connectivity index (χ1n) is 8.74. The van der Waals surface area contributed by atoms with Crippen LogP contribution in [0.15, 0.2) is 57.5 Å². The van der Waals surface area contributed by atoms with Crippen molar-refractivity contribution in [2.45, 2.75) is 6.54 Å². The molecule has 0 saturated carbocycles. The molecule has 0 saturated heterocycles. The third-order valence-corrected chi connectivity index (χ3v) is 5.75. The minimum absolute atomic E-state index is 0.0707. The van der Waals surface area contributed by atoms with Crippen LogP contribution in [0.3, 0.4) is 0 Å². The first-order valence-corrected chi connectivity index (χ1v) is 11.4. The molecule has 0 aliphatic rings. The number of amides is 1. The molecule has 0 aliphatic carbocycles. The van der Waals surface area contributed by atoms with Crippen molar-refractivity contribution in [3.8, 4) is 17.1 Å². The molecule has 0 spiro atoms. The van der Waals surface area contributed by atoms with E-state index in [9.17, 15) is 13.2 Å². The van der Waals surface area contributed by atoms with Gasteiger partial charge in [-0.2, -0.15) is 4.98 Å². The van der Waals surface area contributed by atoms with Gasteiger partial charge in [0.1, 0.15) is 5.75 Å². The molecule has 30 heavy (non-hydrogen) atoms. The average Bonchev–Trinajstić information content (AvgIpc) is 3.19. The standard InChI is InChI=1S/C19H19BrN4O5S/c1-24(30(2,26)27)15-6-8-16(9-7-15)28-12-17(25)21-11-18-22-19(23-29-18)13-4-3-5-14(20)10-13/h3-10H,11-12H2,1-2H3,(H,21,25). The first-order chi connectivity index (χ1) is 14.2. The van der Waals surface area contributed by atoms with Crippen LogP contribution >= 0.6 is 15.9 Å². The van der Waals surface area contributed by atoms with E-state index in [1.54, 1.807) is 24.3 Å². The van der Waals surface area contributed by atoms with Gasteiger partial charge in [0.05, 0.1) is 18.5 Å². The highest BCUT2D eigenvalue weighted by Gasteiger charge is 2.13.